The number of fused-ring (bicyclic) bond motifs is 1. The summed E-state index contributed by atoms with van der Waals surface area (Å²) < 4.78 is 8.46. The summed E-state index contributed by atoms with van der Waals surface area (Å²) in [5.41, 5.74) is 2.78. The van der Waals surface area contributed by atoms with E-state index < -0.39 is 0 Å². The standard InChI is InChI=1S/C21H24BrN5OS/c1-14-10-18(28-25-14)19-23-24-20(26(19)2)29-9-3-8-27-12-16-11-21(16,13-27)15-4-6-17(22)7-5-15/h4-7,10,16H,3,8-9,11-13H2,1-2H3/t16-,21+/m0/s1. The fourth-order valence-corrected chi connectivity index (χ4v) is 5.66. The smallest absolute Gasteiger partial charge is 0.204 e. The molecule has 0 amide bonds. The highest BCUT2D eigenvalue weighted by Crippen LogP contribution is 2.59. The average molecular weight is 474 g/mol. The van der Waals surface area contributed by atoms with Crippen LogP contribution in [0.25, 0.3) is 11.6 Å². The molecular weight excluding hydrogens is 450 g/mol. The minimum Gasteiger partial charge on any atom is -0.353 e. The van der Waals surface area contributed by atoms with Crippen LogP contribution in [0.3, 0.4) is 0 Å². The van der Waals surface area contributed by atoms with E-state index in [0.717, 1.165) is 45.8 Å². The number of thioether (sulfide) groups is 1. The first-order valence-corrected chi connectivity index (χ1v) is 11.8. The van der Waals surface area contributed by atoms with Gasteiger partial charge in [0.25, 0.3) is 0 Å². The van der Waals surface area contributed by atoms with Crippen molar-refractivity contribution in [1.29, 1.82) is 0 Å². The number of aromatic nitrogens is 4. The van der Waals surface area contributed by atoms with Crippen molar-refractivity contribution in [3.8, 4) is 11.6 Å². The van der Waals surface area contributed by atoms with Crippen LogP contribution in [0.2, 0.25) is 0 Å². The Morgan fingerprint density at radius 3 is 2.86 bits per heavy atom. The maximum absolute atomic E-state index is 5.31. The molecule has 1 aromatic carbocycles. The predicted octanol–water partition coefficient (Wildman–Crippen LogP) is 4.30. The Hall–Kier alpha value is -1.64. The van der Waals surface area contributed by atoms with Crippen LogP contribution in [0, 0.1) is 12.8 Å². The fraction of sp³-hybridized carbons (Fsp3) is 0.476. The van der Waals surface area contributed by atoms with Gasteiger partial charge in [0.15, 0.2) is 5.16 Å². The number of hydrogen-bond acceptors (Lipinski definition) is 6. The van der Waals surface area contributed by atoms with Crippen molar-refractivity contribution in [2.75, 3.05) is 25.4 Å². The van der Waals surface area contributed by atoms with Crippen molar-refractivity contribution in [3.63, 3.8) is 0 Å². The highest BCUT2D eigenvalue weighted by molar-refractivity contribution is 9.10. The molecule has 1 aliphatic heterocycles. The van der Waals surface area contributed by atoms with Crippen LogP contribution in [0.1, 0.15) is 24.1 Å². The maximum atomic E-state index is 5.31. The molecule has 0 spiro atoms. The molecule has 152 valence electrons. The number of piperidine rings is 1. The first-order chi connectivity index (χ1) is 14.0. The van der Waals surface area contributed by atoms with Gasteiger partial charge in [0, 0.05) is 41.8 Å². The second-order valence-electron chi connectivity index (χ2n) is 8.20. The Morgan fingerprint density at radius 2 is 2.10 bits per heavy atom. The summed E-state index contributed by atoms with van der Waals surface area (Å²) in [5, 5.41) is 13.4. The van der Waals surface area contributed by atoms with E-state index in [9.17, 15) is 0 Å². The number of nitrogens with zero attached hydrogens (tertiary/aromatic N) is 5. The van der Waals surface area contributed by atoms with Crippen molar-refractivity contribution in [3.05, 3.63) is 46.1 Å². The molecule has 0 radical (unpaired) electrons. The normalized spacial score (nSPS) is 23.5. The topological polar surface area (TPSA) is 60.0 Å². The number of rotatable bonds is 7. The highest BCUT2D eigenvalue weighted by atomic mass is 79.9. The summed E-state index contributed by atoms with van der Waals surface area (Å²) in [5.74, 6) is 3.26. The lowest BCUT2D eigenvalue weighted by molar-refractivity contribution is 0.299. The zero-order valence-electron chi connectivity index (χ0n) is 16.6. The third-order valence-electron chi connectivity index (χ3n) is 6.17. The van der Waals surface area contributed by atoms with Crippen molar-refractivity contribution in [1.82, 2.24) is 24.8 Å². The average Bonchev–Trinajstić information content (AvgIpc) is 3.03. The summed E-state index contributed by atoms with van der Waals surface area (Å²) >= 11 is 5.30. The number of aryl methyl sites for hydroxylation is 1. The van der Waals surface area contributed by atoms with Gasteiger partial charge in [0.05, 0.1) is 5.69 Å². The largest absolute Gasteiger partial charge is 0.353 e. The van der Waals surface area contributed by atoms with E-state index in [2.05, 4.69) is 60.4 Å². The summed E-state index contributed by atoms with van der Waals surface area (Å²) in [7, 11) is 1.98. The summed E-state index contributed by atoms with van der Waals surface area (Å²) in [6.07, 6.45) is 2.50. The molecule has 0 unspecified atom stereocenters. The van der Waals surface area contributed by atoms with Crippen molar-refractivity contribution in [2.24, 2.45) is 13.0 Å². The van der Waals surface area contributed by atoms with Gasteiger partial charge in [-0.15, -0.1) is 10.2 Å². The third kappa shape index (κ3) is 3.66. The molecule has 8 heteroatoms. The molecule has 1 aliphatic carbocycles. The van der Waals surface area contributed by atoms with E-state index >= 15 is 0 Å². The fourth-order valence-electron chi connectivity index (χ4n) is 4.56. The van der Waals surface area contributed by atoms with Crippen LogP contribution >= 0.6 is 27.7 Å². The van der Waals surface area contributed by atoms with Crippen LogP contribution in [0.4, 0.5) is 0 Å². The van der Waals surface area contributed by atoms with E-state index in [4.69, 9.17) is 4.52 Å². The van der Waals surface area contributed by atoms with Crippen molar-refractivity contribution in [2.45, 2.75) is 30.3 Å². The van der Waals surface area contributed by atoms with E-state index in [1.54, 1.807) is 11.8 Å². The third-order valence-corrected chi connectivity index (χ3v) is 7.80. The lowest BCUT2D eigenvalue weighted by Crippen LogP contribution is -2.27. The molecule has 0 N–H and O–H groups in total. The Bertz CT molecular complexity index is 1020. The van der Waals surface area contributed by atoms with Gasteiger partial charge in [0.1, 0.15) is 0 Å². The van der Waals surface area contributed by atoms with Crippen LogP contribution in [-0.4, -0.2) is 50.2 Å². The Morgan fingerprint density at radius 1 is 1.28 bits per heavy atom. The molecule has 1 saturated heterocycles. The zero-order chi connectivity index (χ0) is 20.0. The van der Waals surface area contributed by atoms with Gasteiger partial charge < -0.3 is 14.0 Å². The molecule has 2 atom stereocenters. The molecule has 2 aliphatic rings. The monoisotopic (exact) mass is 473 g/mol. The summed E-state index contributed by atoms with van der Waals surface area (Å²) in [4.78, 5) is 2.64. The Kier molecular flexibility index (Phi) is 5.04. The number of benzene rings is 1. The van der Waals surface area contributed by atoms with Gasteiger partial charge in [0.2, 0.25) is 11.6 Å². The molecule has 29 heavy (non-hydrogen) atoms. The van der Waals surface area contributed by atoms with Crippen molar-refractivity contribution < 1.29 is 4.52 Å². The lowest BCUT2D eigenvalue weighted by atomic mass is 9.95. The van der Waals surface area contributed by atoms with Gasteiger partial charge in [-0.2, -0.15) is 0 Å². The predicted molar refractivity (Wildman–Crippen MR) is 117 cm³/mol. The van der Waals surface area contributed by atoms with E-state index in [-0.39, 0.29) is 0 Å². The van der Waals surface area contributed by atoms with E-state index in [0.29, 0.717) is 11.2 Å². The first-order valence-electron chi connectivity index (χ1n) is 9.99. The quantitative estimate of drug-likeness (QED) is 0.376. The van der Waals surface area contributed by atoms with Crippen LogP contribution < -0.4 is 0 Å². The lowest BCUT2D eigenvalue weighted by Gasteiger charge is -2.21. The molecule has 6 nitrogen and oxygen atoms in total. The van der Waals surface area contributed by atoms with Crippen LogP contribution in [0.15, 0.2) is 44.5 Å². The number of likely N-dealkylation sites (tertiary alicyclic amines) is 1. The zero-order valence-corrected chi connectivity index (χ0v) is 19.0. The van der Waals surface area contributed by atoms with Crippen LogP contribution in [-0.2, 0) is 12.5 Å². The number of halogens is 1. The molecule has 1 saturated carbocycles. The Labute approximate surface area is 183 Å². The minimum atomic E-state index is 0.418. The molecule has 2 fully saturated rings. The molecule has 5 rings (SSSR count). The molecule has 3 aromatic rings. The van der Waals surface area contributed by atoms with Gasteiger partial charge >= 0.3 is 0 Å². The molecule has 2 aromatic heterocycles. The van der Waals surface area contributed by atoms with E-state index in [1.807, 2.05) is 24.6 Å². The second kappa shape index (κ2) is 7.56. The second-order valence-corrected chi connectivity index (χ2v) is 10.2. The van der Waals surface area contributed by atoms with Gasteiger partial charge in [-0.1, -0.05) is 45.0 Å². The molecular formula is C21H24BrN5OS. The maximum Gasteiger partial charge on any atom is 0.204 e. The number of hydrogen-bond donors (Lipinski definition) is 0. The first kappa shape index (κ1) is 19.3. The molecule has 3 heterocycles. The summed E-state index contributed by atoms with van der Waals surface area (Å²) in [6.45, 7) is 5.48. The SMILES string of the molecule is Cc1cc(-c2nnc(SCCCN3C[C@@H]4C[C@]4(c4ccc(Br)cc4)C3)n2C)on1. The van der Waals surface area contributed by atoms with Crippen molar-refractivity contribution >= 4 is 27.7 Å². The van der Waals surface area contributed by atoms with E-state index in [1.165, 1.54) is 25.1 Å². The Balaban J connectivity index is 1.12. The van der Waals surface area contributed by atoms with Gasteiger partial charge in [-0.05, 0) is 49.9 Å². The minimum absolute atomic E-state index is 0.418. The highest BCUT2D eigenvalue weighted by Gasteiger charge is 2.60. The summed E-state index contributed by atoms with van der Waals surface area (Å²) in [6, 6.07) is 10.8. The van der Waals surface area contributed by atoms with Gasteiger partial charge in [-0.3, -0.25) is 0 Å². The van der Waals surface area contributed by atoms with Gasteiger partial charge in [-0.25, -0.2) is 0 Å². The van der Waals surface area contributed by atoms with Crippen LogP contribution in [0.5, 0.6) is 0 Å². The molecule has 0 bridgehead atoms.